The number of ether oxygens (including phenoxy) is 1. The number of nitrogens with two attached hydrogens (primary N) is 1. The van der Waals surface area contributed by atoms with Crippen molar-refractivity contribution >= 4 is 11.3 Å². The quantitative estimate of drug-likeness (QED) is 0.860. The Morgan fingerprint density at radius 2 is 2.11 bits per heavy atom. The molecule has 0 spiro atoms. The van der Waals surface area contributed by atoms with Crippen LogP contribution in [0, 0.1) is 6.92 Å². The first-order valence-electron chi connectivity index (χ1n) is 6.27. The molecule has 1 fully saturated rings. The highest BCUT2D eigenvalue weighted by Crippen LogP contribution is 2.16. The molecule has 3 heterocycles. The van der Waals surface area contributed by atoms with E-state index in [1.165, 1.54) is 5.69 Å². The monoisotopic (exact) mass is 246 g/mol. The Balaban J connectivity index is 1.94. The van der Waals surface area contributed by atoms with Crippen LogP contribution in [0.5, 0.6) is 0 Å². The number of nitrogens with zero attached hydrogens (tertiary/aromatic N) is 3. The van der Waals surface area contributed by atoms with Crippen molar-refractivity contribution in [3.63, 3.8) is 0 Å². The van der Waals surface area contributed by atoms with Gasteiger partial charge in [-0.2, -0.15) is 0 Å². The fraction of sp³-hybridized carbons (Fsp3) is 0.462. The standard InChI is InChI=1S/C13H18N4O/c1-10-12(9-16-4-6-18-7-5-16)17-8-11(14)2-3-13(17)15-10/h2-3,8H,4-7,9,14H2,1H3. The average molecular weight is 246 g/mol. The summed E-state index contributed by atoms with van der Waals surface area (Å²) in [5.41, 5.74) is 9.88. The van der Waals surface area contributed by atoms with E-state index in [4.69, 9.17) is 10.5 Å². The molecule has 0 bridgehead atoms. The van der Waals surface area contributed by atoms with Gasteiger partial charge in [-0.3, -0.25) is 4.90 Å². The van der Waals surface area contributed by atoms with Gasteiger partial charge in [-0.05, 0) is 19.1 Å². The van der Waals surface area contributed by atoms with Gasteiger partial charge in [0.2, 0.25) is 0 Å². The number of morpholine rings is 1. The van der Waals surface area contributed by atoms with Gasteiger partial charge in [0.1, 0.15) is 5.65 Å². The highest BCUT2D eigenvalue weighted by Gasteiger charge is 2.15. The molecule has 18 heavy (non-hydrogen) atoms. The van der Waals surface area contributed by atoms with Crippen LogP contribution in [0.15, 0.2) is 18.3 Å². The number of anilines is 1. The van der Waals surface area contributed by atoms with Crippen molar-refractivity contribution in [2.75, 3.05) is 32.0 Å². The topological polar surface area (TPSA) is 55.8 Å². The Morgan fingerprint density at radius 3 is 2.89 bits per heavy atom. The third-order valence-corrected chi connectivity index (χ3v) is 3.42. The van der Waals surface area contributed by atoms with Crippen LogP contribution < -0.4 is 5.73 Å². The Labute approximate surface area is 106 Å². The van der Waals surface area contributed by atoms with Crippen LogP contribution in [-0.4, -0.2) is 40.6 Å². The molecule has 5 nitrogen and oxygen atoms in total. The average Bonchev–Trinajstić information content (AvgIpc) is 2.67. The Kier molecular flexibility index (Phi) is 2.93. The zero-order valence-corrected chi connectivity index (χ0v) is 10.6. The lowest BCUT2D eigenvalue weighted by molar-refractivity contribution is 0.0334. The predicted molar refractivity (Wildman–Crippen MR) is 70.4 cm³/mol. The maximum Gasteiger partial charge on any atom is 0.137 e. The molecular formula is C13H18N4O. The van der Waals surface area contributed by atoms with Crippen LogP contribution in [0.4, 0.5) is 5.69 Å². The summed E-state index contributed by atoms with van der Waals surface area (Å²) in [7, 11) is 0. The Morgan fingerprint density at radius 1 is 1.33 bits per heavy atom. The molecule has 1 aliphatic rings. The number of imidazole rings is 1. The van der Waals surface area contributed by atoms with Gasteiger partial charge in [0, 0.05) is 31.5 Å². The van der Waals surface area contributed by atoms with Gasteiger partial charge in [0.15, 0.2) is 0 Å². The van der Waals surface area contributed by atoms with Gasteiger partial charge < -0.3 is 14.9 Å². The lowest BCUT2D eigenvalue weighted by Gasteiger charge is -2.26. The van der Waals surface area contributed by atoms with E-state index in [2.05, 4.69) is 21.2 Å². The molecule has 3 rings (SSSR count). The van der Waals surface area contributed by atoms with Crippen LogP contribution in [0.3, 0.4) is 0 Å². The fourth-order valence-electron chi connectivity index (χ4n) is 2.39. The first-order valence-corrected chi connectivity index (χ1v) is 6.27. The molecule has 0 aliphatic carbocycles. The zero-order chi connectivity index (χ0) is 12.5. The number of aromatic nitrogens is 2. The van der Waals surface area contributed by atoms with Crippen molar-refractivity contribution in [1.29, 1.82) is 0 Å². The largest absolute Gasteiger partial charge is 0.398 e. The van der Waals surface area contributed by atoms with Crippen LogP contribution >= 0.6 is 0 Å². The van der Waals surface area contributed by atoms with Crippen LogP contribution in [0.2, 0.25) is 0 Å². The number of hydrogen-bond donors (Lipinski definition) is 1. The third-order valence-electron chi connectivity index (χ3n) is 3.42. The smallest absolute Gasteiger partial charge is 0.137 e. The molecular weight excluding hydrogens is 228 g/mol. The van der Waals surface area contributed by atoms with E-state index >= 15 is 0 Å². The summed E-state index contributed by atoms with van der Waals surface area (Å²) in [6.07, 6.45) is 1.95. The van der Waals surface area contributed by atoms with Crippen molar-refractivity contribution in [3.8, 4) is 0 Å². The normalized spacial score (nSPS) is 17.4. The van der Waals surface area contributed by atoms with Gasteiger partial charge in [-0.25, -0.2) is 4.98 Å². The van der Waals surface area contributed by atoms with Crippen LogP contribution in [0.1, 0.15) is 11.4 Å². The molecule has 2 aromatic heterocycles. The minimum Gasteiger partial charge on any atom is -0.398 e. The third kappa shape index (κ3) is 2.07. The molecule has 0 unspecified atom stereocenters. The first-order chi connectivity index (χ1) is 8.74. The molecule has 1 aliphatic heterocycles. The highest BCUT2D eigenvalue weighted by atomic mass is 16.5. The van der Waals surface area contributed by atoms with Crippen molar-refractivity contribution in [3.05, 3.63) is 29.7 Å². The minimum absolute atomic E-state index is 0.767. The number of pyridine rings is 1. The molecule has 0 atom stereocenters. The molecule has 0 amide bonds. The van der Waals surface area contributed by atoms with E-state index in [9.17, 15) is 0 Å². The number of aryl methyl sites for hydroxylation is 1. The summed E-state index contributed by atoms with van der Waals surface area (Å²) >= 11 is 0. The number of hydrogen-bond acceptors (Lipinski definition) is 4. The molecule has 0 radical (unpaired) electrons. The van der Waals surface area contributed by atoms with Crippen molar-refractivity contribution in [2.45, 2.75) is 13.5 Å². The number of fused-ring (bicyclic) bond motifs is 1. The molecule has 0 saturated carbocycles. The first kappa shape index (κ1) is 11.5. The highest BCUT2D eigenvalue weighted by molar-refractivity contribution is 5.50. The zero-order valence-electron chi connectivity index (χ0n) is 10.6. The van der Waals surface area contributed by atoms with Crippen LogP contribution in [0.25, 0.3) is 5.65 Å². The van der Waals surface area contributed by atoms with Crippen molar-refractivity contribution < 1.29 is 4.74 Å². The van der Waals surface area contributed by atoms with E-state index in [0.717, 1.165) is 49.9 Å². The second kappa shape index (κ2) is 4.59. The van der Waals surface area contributed by atoms with E-state index in [-0.39, 0.29) is 0 Å². The number of rotatable bonds is 2. The maximum atomic E-state index is 5.85. The Bertz CT molecular complexity index is 557. The summed E-state index contributed by atoms with van der Waals surface area (Å²) in [5.74, 6) is 0. The molecule has 2 N–H and O–H groups in total. The molecule has 2 aromatic rings. The van der Waals surface area contributed by atoms with E-state index in [1.54, 1.807) is 0 Å². The van der Waals surface area contributed by atoms with Gasteiger partial charge in [-0.1, -0.05) is 0 Å². The summed E-state index contributed by atoms with van der Waals surface area (Å²) in [5, 5.41) is 0. The summed E-state index contributed by atoms with van der Waals surface area (Å²) in [6.45, 7) is 6.55. The maximum absolute atomic E-state index is 5.85. The second-order valence-electron chi connectivity index (χ2n) is 4.72. The van der Waals surface area contributed by atoms with E-state index < -0.39 is 0 Å². The van der Waals surface area contributed by atoms with Gasteiger partial charge >= 0.3 is 0 Å². The summed E-state index contributed by atoms with van der Waals surface area (Å²) in [6, 6.07) is 3.85. The van der Waals surface area contributed by atoms with E-state index in [1.807, 2.05) is 18.3 Å². The summed E-state index contributed by atoms with van der Waals surface area (Å²) < 4.78 is 7.47. The summed E-state index contributed by atoms with van der Waals surface area (Å²) in [4.78, 5) is 6.96. The Hall–Kier alpha value is -1.59. The van der Waals surface area contributed by atoms with Crippen molar-refractivity contribution in [2.24, 2.45) is 0 Å². The van der Waals surface area contributed by atoms with Crippen molar-refractivity contribution in [1.82, 2.24) is 14.3 Å². The fourth-order valence-corrected chi connectivity index (χ4v) is 2.39. The predicted octanol–water partition coefficient (Wildman–Crippen LogP) is 1.06. The van der Waals surface area contributed by atoms with Gasteiger partial charge in [0.25, 0.3) is 0 Å². The lowest BCUT2D eigenvalue weighted by Crippen LogP contribution is -2.36. The number of nitrogen functional groups attached to an aromatic ring is 1. The van der Waals surface area contributed by atoms with Gasteiger partial charge in [0.05, 0.1) is 24.6 Å². The van der Waals surface area contributed by atoms with Crippen LogP contribution in [-0.2, 0) is 11.3 Å². The molecule has 1 saturated heterocycles. The molecule has 96 valence electrons. The lowest BCUT2D eigenvalue weighted by atomic mass is 10.3. The van der Waals surface area contributed by atoms with Gasteiger partial charge in [-0.15, -0.1) is 0 Å². The van der Waals surface area contributed by atoms with E-state index in [0.29, 0.717) is 0 Å². The second-order valence-corrected chi connectivity index (χ2v) is 4.72. The SMILES string of the molecule is Cc1nc2ccc(N)cn2c1CN1CCOCC1. The minimum atomic E-state index is 0.767. The molecule has 0 aromatic carbocycles. The molecule has 5 heteroatoms.